The number of aliphatic hydroxyl groups excluding tert-OH is 2. The van der Waals surface area contributed by atoms with E-state index >= 15 is 4.39 Å². The summed E-state index contributed by atoms with van der Waals surface area (Å²) < 4.78 is 49.4. The van der Waals surface area contributed by atoms with Gasteiger partial charge in [0.15, 0.2) is 0 Å². The average molecular weight is 507 g/mol. The number of sulfonamides is 1. The van der Waals surface area contributed by atoms with E-state index in [1.165, 1.54) is 10.4 Å². The third-order valence-electron chi connectivity index (χ3n) is 7.36. The van der Waals surface area contributed by atoms with Crippen LogP contribution in [0.5, 0.6) is 0 Å². The Balaban J connectivity index is 1.58. The van der Waals surface area contributed by atoms with Gasteiger partial charge in [-0.2, -0.15) is 4.31 Å². The first-order valence-electron chi connectivity index (χ1n) is 12.2. The zero-order valence-corrected chi connectivity index (χ0v) is 20.9. The van der Waals surface area contributed by atoms with Crippen LogP contribution in [0.3, 0.4) is 0 Å². The smallest absolute Gasteiger partial charge is 0.221 e. The van der Waals surface area contributed by atoms with E-state index in [2.05, 4.69) is 5.32 Å². The maximum Gasteiger partial charge on any atom is 0.221 e. The lowest BCUT2D eigenvalue weighted by Crippen LogP contribution is -2.49. The molecule has 7 nitrogen and oxygen atoms in total. The van der Waals surface area contributed by atoms with Gasteiger partial charge < -0.3 is 20.3 Å². The predicted octanol–water partition coefficient (Wildman–Crippen LogP) is 2.83. The SMILES string of the molecule is C[C@H]1CC[C@H](c2ccccc2)S(=O)(=O)N1Cc1ccc(C2(NC[C@@H](O)CO)CCOCC2)cc1F. The van der Waals surface area contributed by atoms with Crippen molar-refractivity contribution in [1.82, 2.24) is 9.62 Å². The Hall–Kier alpha value is -1.88. The van der Waals surface area contributed by atoms with Gasteiger partial charge in [0.2, 0.25) is 10.0 Å². The van der Waals surface area contributed by atoms with Crippen LogP contribution >= 0.6 is 0 Å². The summed E-state index contributed by atoms with van der Waals surface area (Å²) in [6, 6.07) is 14.0. The number of benzene rings is 2. The van der Waals surface area contributed by atoms with Crippen molar-refractivity contribution < 1.29 is 27.8 Å². The molecule has 9 heteroatoms. The molecular weight excluding hydrogens is 471 g/mol. The minimum absolute atomic E-state index is 0.0221. The molecular formula is C26H35FN2O5S. The van der Waals surface area contributed by atoms with E-state index in [0.717, 1.165) is 11.1 Å². The molecule has 0 radical (unpaired) electrons. The quantitative estimate of drug-likeness (QED) is 0.509. The van der Waals surface area contributed by atoms with Crippen LogP contribution in [0.4, 0.5) is 4.39 Å². The van der Waals surface area contributed by atoms with Crippen molar-refractivity contribution in [3.8, 4) is 0 Å². The number of nitrogens with one attached hydrogen (secondary N) is 1. The lowest BCUT2D eigenvalue weighted by molar-refractivity contribution is 0.0242. The molecule has 192 valence electrons. The molecule has 2 aromatic rings. The fourth-order valence-corrected chi connectivity index (χ4v) is 7.35. The van der Waals surface area contributed by atoms with Gasteiger partial charge in [-0.15, -0.1) is 0 Å². The molecule has 35 heavy (non-hydrogen) atoms. The summed E-state index contributed by atoms with van der Waals surface area (Å²) in [6.45, 7) is 2.65. The van der Waals surface area contributed by atoms with Crippen LogP contribution < -0.4 is 5.32 Å². The zero-order chi connectivity index (χ0) is 25.1. The average Bonchev–Trinajstić information content (AvgIpc) is 2.86. The number of rotatable bonds is 8. The van der Waals surface area contributed by atoms with E-state index in [-0.39, 0.29) is 25.7 Å². The number of hydrogen-bond donors (Lipinski definition) is 3. The van der Waals surface area contributed by atoms with Gasteiger partial charge in [-0.3, -0.25) is 0 Å². The highest BCUT2D eigenvalue weighted by atomic mass is 32.2. The summed E-state index contributed by atoms with van der Waals surface area (Å²) in [6.07, 6.45) is 1.53. The molecule has 0 unspecified atom stereocenters. The summed E-state index contributed by atoms with van der Waals surface area (Å²) in [5, 5.41) is 21.7. The minimum Gasteiger partial charge on any atom is -0.394 e. The monoisotopic (exact) mass is 506 g/mol. The number of ether oxygens (including phenoxy) is 1. The first-order chi connectivity index (χ1) is 16.8. The summed E-state index contributed by atoms with van der Waals surface area (Å²) >= 11 is 0. The Labute approximate surface area is 207 Å². The molecule has 2 aromatic carbocycles. The molecule has 2 fully saturated rings. The number of aliphatic hydroxyl groups is 2. The van der Waals surface area contributed by atoms with E-state index in [1.54, 1.807) is 6.07 Å². The van der Waals surface area contributed by atoms with E-state index < -0.39 is 32.7 Å². The van der Waals surface area contributed by atoms with Gasteiger partial charge in [0.1, 0.15) is 11.1 Å². The largest absolute Gasteiger partial charge is 0.394 e. The minimum atomic E-state index is -3.66. The Morgan fingerprint density at radius 3 is 2.54 bits per heavy atom. The second-order valence-corrected chi connectivity index (χ2v) is 11.7. The standard InChI is InChI=1S/C26H35FN2O5S/c1-19-7-10-25(20-5-3-2-4-6-20)35(32,33)29(19)17-21-8-9-22(15-24(21)27)26(11-13-34-14-12-26)28-16-23(31)18-30/h2-6,8-9,15,19,23,25,28,30-31H,7,10-14,16-18H2,1H3/t19-,23+,25+/m0/s1. The van der Waals surface area contributed by atoms with E-state index in [9.17, 15) is 18.6 Å². The topological polar surface area (TPSA) is 99.1 Å². The highest BCUT2D eigenvalue weighted by molar-refractivity contribution is 7.89. The summed E-state index contributed by atoms with van der Waals surface area (Å²) in [5.74, 6) is -0.456. The molecule has 0 aromatic heterocycles. The van der Waals surface area contributed by atoms with Crippen LogP contribution in [-0.4, -0.2) is 61.4 Å². The van der Waals surface area contributed by atoms with Crippen LogP contribution in [0.15, 0.2) is 48.5 Å². The normalized spacial score (nSPS) is 25.3. The summed E-state index contributed by atoms with van der Waals surface area (Å²) in [7, 11) is -3.66. The van der Waals surface area contributed by atoms with Crippen molar-refractivity contribution in [3.63, 3.8) is 0 Å². The van der Waals surface area contributed by atoms with Crippen LogP contribution in [-0.2, 0) is 26.8 Å². The molecule has 4 rings (SSSR count). The number of hydrogen-bond acceptors (Lipinski definition) is 6. The van der Waals surface area contributed by atoms with E-state index in [0.29, 0.717) is 44.5 Å². The van der Waals surface area contributed by atoms with Gasteiger partial charge in [-0.1, -0.05) is 42.5 Å². The summed E-state index contributed by atoms with van der Waals surface area (Å²) in [5.41, 5.74) is 1.23. The van der Waals surface area contributed by atoms with E-state index in [1.807, 2.05) is 43.3 Å². The Kier molecular flexibility index (Phi) is 8.25. The zero-order valence-electron chi connectivity index (χ0n) is 20.1. The molecule has 0 saturated carbocycles. The number of halogens is 1. The Morgan fingerprint density at radius 2 is 1.89 bits per heavy atom. The fourth-order valence-electron chi connectivity index (χ4n) is 5.16. The van der Waals surface area contributed by atoms with Crippen LogP contribution in [0.2, 0.25) is 0 Å². The fraction of sp³-hybridized carbons (Fsp3) is 0.538. The maximum atomic E-state index is 15.4. The second-order valence-electron chi connectivity index (χ2n) is 9.63. The van der Waals surface area contributed by atoms with Gasteiger partial charge in [-0.05, 0) is 49.8 Å². The first-order valence-corrected chi connectivity index (χ1v) is 13.7. The molecule has 0 spiro atoms. The Morgan fingerprint density at radius 1 is 1.17 bits per heavy atom. The van der Waals surface area contributed by atoms with Gasteiger partial charge in [-0.25, -0.2) is 12.8 Å². The van der Waals surface area contributed by atoms with Crippen molar-refractivity contribution in [1.29, 1.82) is 0 Å². The van der Waals surface area contributed by atoms with Gasteiger partial charge >= 0.3 is 0 Å². The maximum absolute atomic E-state index is 15.4. The highest BCUT2D eigenvalue weighted by Gasteiger charge is 2.41. The second kappa shape index (κ2) is 11.0. The molecule has 2 heterocycles. The van der Waals surface area contributed by atoms with Crippen molar-refractivity contribution in [3.05, 3.63) is 71.0 Å². The molecule has 3 atom stereocenters. The van der Waals surface area contributed by atoms with Crippen LogP contribution in [0.1, 0.15) is 54.5 Å². The number of nitrogens with zero attached hydrogens (tertiary/aromatic N) is 1. The lowest BCUT2D eigenvalue weighted by Gasteiger charge is -2.40. The lowest BCUT2D eigenvalue weighted by atomic mass is 9.82. The van der Waals surface area contributed by atoms with Gasteiger partial charge in [0.05, 0.1) is 12.7 Å². The van der Waals surface area contributed by atoms with Gasteiger partial charge in [0, 0.05) is 43.4 Å². The predicted molar refractivity (Wildman–Crippen MR) is 132 cm³/mol. The molecule has 0 aliphatic carbocycles. The van der Waals surface area contributed by atoms with Crippen molar-refractivity contribution in [2.75, 3.05) is 26.4 Å². The van der Waals surface area contributed by atoms with Crippen molar-refractivity contribution in [2.45, 2.75) is 62.1 Å². The highest BCUT2D eigenvalue weighted by Crippen LogP contribution is 2.39. The molecule has 2 aliphatic rings. The van der Waals surface area contributed by atoms with Crippen molar-refractivity contribution in [2.24, 2.45) is 0 Å². The van der Waals surface area contributed by atoms with E-state index in [4.69, 9.17) is 4.74 Å². The molecule has 2 aliphatic heterocycles. The summed E-state index contributed by atoms with van der Waals surface area (Å²) in [4.78, 5) is 0. The Bertz CT molecular complexity index is 1090. The van der Waals surface area contributed by atoms with Crippen LogP contribution in [0, 0.1) is 5.82 Å². The third-order valence-corrected chi connectivity index (χ3v) is 9.73. The van der Waals surface area contributed by atoms with Gasteiger partial charge in [0.25, 0.3) is 0 Å². The molecule has 3 N–H and O–H groups in total. The molecule has 2 saturated heterocycles. The van der Waals surface area contributed by atoms with Crippen LogP contribution in [0.25, 0.3) is 0 Å². The van der Waals surface area contributed by atoms with Crippen molar-refractivity contribution >= 4 is 10.0 Å². The molecule has 0 bridgehead atoms. The third kappa shape index (κ3) is 5.60. The first kappa shape index (κ1) is 26.2. The molecule has 0 amide bonds.